The summed E-state index contributed by atoms with van der Waals surface area (Å²) < 4.78 is 0. The maximum Gasteiger partial charge on any atom is 0.0383 e. The van der Waals surface area contributed by atoms with Crippen molar-refractivity contribution >= 4 is 5.69 Å². The Morgan fingerprint density at radius 1 is 1.18 bits per heavy atom. The maximum atomic E-state index is 3.54. The molecule has 0 aliphatic heterocycles. The van der Waals surface area contributed by atoms with Crippen molar-refractivity contribution in [2.45, 2.75) is 46.2 Å². The first-order valence-electron chi connectivity index (χ1n) is 6.34. The summed E-state index contributed by atoms with van der Waals surface area (Å²) in [7, 11) is 2.15. The predicted octanol–water partition coefficient (Wildman–Crippen LogP) is 3.21. The lowest BCUT2D eigenvalue weighted by Gasteiger charge is -2.30. The van der Waals surface area contributed by atoms with Crippen LogP contribution in [0.15, 0.2) is 24.3 Å². The number of hydrogen-bond acceptors (Lipinski definition) is 2. The Morgan fingerprint density at radius 2 is 1.71 bits per heavy atom. The molecular weight excluding hydrogens is 208 g/mol. The molecule has 1 atom stereocenters. The van der Waals surface area contributed by atoms with Crippen molar-refractivity contribution in [3.8, 4) is 0 Å². The summed E-state index contributed by atoms with van der Waals surface area (Å²) in [6, 6.07) is 9.18. The molecule has 17 heavy (non-hydrogen) atoms. The van der Waals surface area contributed by atoms with Crippen molar-refractivity contribution in [3.05, 3.63) is 29.8 Å². The molecule has 0 radical (unpaired) electrons. The fourth-order valence-corrected chi connectivity index (χ4v) is 1.63. The van der Waals surface area contributed by atoms with Crippen LogP contribution in [0.4, 0.5) is 5.69 Å². The molecule has 2 nitrogen and oxygen atoms in total. The minimum atomic E-state index is 0.183. The van der Waals surface area contributed by atoms with Crippen molar-refractivity contribution in [1.82, 2.24) is 5.32 Å². The summed E-state index contributed by atoms with van der Waals surface area (Å²) in [6.45, 7) is 12.0. The lowest BCUT2D eigenvalue weighted by atomic mass is 10.1. The Balaban J connectivity index is 2.57. The quantitative estimate of drug-likeness (QED) is 0.860. The summed E-state index contributed by atoms with van der Waals surface area (Å²) in [5.41, 5.74) is 2.77. The number of anilines is 1. The minimum absolute atomic E-state index is 0.183. The molecule has 0 aliphatic rings. The fraction of sp³-hybridized carbons (Fsp3) is 0.600. The second-order valence-electron chi connectivity index (χ2n) is 5.93. The third-order valence-corrected chi connectivity index (χ3v) is 3.03. The molecule has 0 fully saturated rings. The first-order valence-corrected chi connectivity index (χ1v) is 6.34. The van der Waals surface area contributed by atoms with Gasteiger partial charge in [0.2, 0.25) is 0 Å². The minimum Gasteiger partial charge on any atom is -0.371 e. The van der Waals surface area contributed by atoms with Gasteiger partial charge < -0.3 is 10.2 Å². The molecule has 1 rings (SSSR count). The van der Waals surface area contributed by atoms with Gasteiger partial charge in [-0.15, -0.1) is 0 Å². The van der Waals surface area contributed by atoms with Crippen LogP contribution in [-0.2, 0) is 0 Å². The highest BCUT2D eigenvalue weighted by molar-refractivity contribution is 5.47. The zero-order valence-corrected chi connectivity index (χ0v) is 12.0. The molecule has 0 aliphatic carbocycles. The molecule has 1 N–H and O–H groups in total. The number of rotatable bonds is 4. The van der Waals surface area contributed by atoms with Crippen LogP contribution in [0.1, 0.15) is 33.3 Å². The van der Waals surface area contributed by atoms with Gasteiger partial charge in [0.25, 0.3) is 0 Å². The van der Waals surface area contributed by atoms with E-state index < -0.39 is 0 Å². The predicted molar refractivity (Wildman–Crippen MR) is 76.8 cm³/mol. The molecule has 0 bridgehead atoms. The van der Waals surface area contributed by atoms with Crippen LogP contribution in [0.25, 0.3) is 0 Å². The Labute approximate surface area is 106 Å². The normalized spacial score (nSPS) is 13.5. The molecule has 0 spiro atoms. The summed E-state index contributed by atoms with van der Waals surface area (Å²) in [5.74, 6) is 0. The molecule has 0 saturated carbocycles. The SMILES string of the molecule is Cc1ccc(N(C)C(C)CNC(C)(C)C)cc1. The lowest BCUT2D eigenvalue weighted by molar-refractivity contribution is 0.408. The van der Waals surface area contributed by atoms with Crippen LogP contribution in [0, 0.1) is 6.92 Å². The van der Waals surface area contributed by atoms with Crippen LogP contribution < -0.4 is 10.2 Å². The molecule has 0 saturated heterocycles. The van der Waals surface area contributed by atoms with Gasteiger partial charge in [-0.2, -0.15) is 0 Å². The van der Waals surface area contributed by atoms with Crippen LogP contribution in [0.3, 0.4) is 0 Å². The summed E-state index contributed by atoms with van der Waals surface area (Å²) in [5, 5.41) is 3.54. The number of nitrogens with zero attached hydrogens (tertiary/aromatic N) is 1. The molecular formula is C15H26N2. The summed E-state index contributed by atoms with van der Waals surface area (Å²) in [4.78, 5) is 2.32. The summed E-state index contributed by atoms with van der Waals surface area (Å²) in [6.07, 6.45) is 0. The van der Waals surface area contributed by atoms with Crippen molar-refractivity contribution in [2.75, 3.05) is 18.5 Å². The molecule has 1 aromatic carbocycles. The van der Waals surface area contributed by atoms with E-state index in [0.717, 1.165) is 6.54 Å². The first kappa shape index (κ1) is 14.0. The second-order valence-corrected chi connectivity index (χ2v) is 5.93. The highest BCUT2D eigenvalue weighted by Gasteiger charge is 2.14. The molecule has 1 unspecified atom stereocenters. The number of nitrogens with one attached hydrogen (secondary N) is 1. The summed E-state index contributed by atoms with van der Waals surface area (Å²) >= 11 is 0. The van der Waals surface area contributed by atoms with E-state index in [4.69, 9.17) is 0 Å². The average molecular weight is 234 g/mol. The molecule has 0 aromatic heterocycles. The first-order chi connectivity index (χ1) is 7.79. The van der Waals surface area contributed by atoms with E-state index in [0.29, 0.717) is 6.04 Å². The standard InChI is InChI=1S/C15H26N2/c1-12-7-9-14(10-8-12)17(6)13(2)11-16-15(3,4)5/h7-10,13,16H,11H2,1-6H3. The number of aryl methyl sites for hydroxylation is 1. The monoisotopic (exact) mass is 234 g/mol. The molecule has 2 heteroatoms. The van der Waals surface area contributed by atoms with E-state index in [1.54, 1.807) is 0 Å². The van der Waals surface area contributed by atoms with E-state index in [-0.39, 0.29) is 5.54 Å². The van der Waals surface area contributed by atoms with E-state index in [2.05, 4.69) is 76.1 Å². The number of benzene rings is 1. The Kier molecular flexibility index (Phi) is 4.58. The largest absolute Gasteiger partial charge is 0.371 e. The number of hydrogen-bond donors (Lipinski definition) is 1. The van der Waals surface area contributed by atoms with Gasteiger partial charge in [0.05, 0.1) is 0 Å². The van der Waals surface area contributed by atoms with E-state index >= 15 is 0 Å². The maximum absolute atomic E-state index is 3.54. The molecule has 96 valence electrons. The van der Waals surface area contributed by atoms with E-state index in [9.17, 15) is 0 Å². The van der Waals surface area contributed by atoms with Gasteiger partial charge in [-0.25, -0.2) is 0 Å². The third-order valence-electron chi connectivity index (χ3n) is 3.03. The molecule has 0 amide bonds. The van der Waals surface area contributed by atoms with Gasteiger partial charge in [-0.1, -0.05) is 17.7 Å². The van der Waals surface area contributed by atoms with Crippen molar-refractivity contribution in [1.29, 1.82) is 0 Å². The Bertz CT molecular complexity index is 335. The zero-order valence-electron chi connectivity index (χ0n) is 12.0. The van der Waals surface area contributed by atoms with Crippen LogP contribution in [-0.4, -0.2) is 25.2 Å². The van der Waals surface area contributed by atoms with Crippen molar-refractivity contribution in [3.63, 3.8) is 0 Å². The highest BCUT2D eigenvalue weighted by Crippen LogP contribution is 2.15. The molecule has 1 aromatic rings. The smallest absolute Gasteiger partial charge is 0.0383 e. The Hall–Kier alpha value is -1.02. The van der Waals surface area contributed by atoms with Gasteiger partial charge in [-0.05, 0) is 46.8 Å². The molecule has 0 heterocycles. The second kappa shape index (κ2) is 5.54. The van der Waals surface area contributed by atoms with E-state index in [1.807, 2.05) is 0 Å². The average Bonchev–Trinajstić information content (AvgIpc) is 2.25. The van der Waals surface area contributed by atoms with Crippen LogP contribution >= 0.6 is 0 Å². The topological polar surface area (TPSA) is 15.3 Å². The van der Waals surface area contributed by atoms with Gasteiger partial charge in [-0.3, -0.25) is 0 Å². The van der Waals surface area contributed by atoms with Gasteiger partial charge >= 0.3 is 0 Å². The van der Waals surface area contributed by atoms with Crippen molar-refractivity contribution < 1.29 is 0 Å². The number of likely N-dealkylation sites (N-methyl/N-ethyl adjacent to an activating group) is 1. The van der Waals surface area contributed by atoms with Crippen LogP contribution in [0.2, 0.25) is 0 Å². The zero-order chi connectivity index (χ0) is 13.1. The Morgan fingerprint density at radius 3 is 2.18 bits per heavy atom. The van der Waals surface area contributed by atoms with Gasteiger partial charge in [0.15, 0.2) is 0 Å². The van der Waals surface area contributed by atoms with E-state index in [1.165, 1.54) is 11.3 Å². The van der Waals surface area contributed by atoms with Crippen molar-refractivity contribution in [2.24, 2.45) is 0 Å². The lowest BCUT2D eigenvalue weighted by Crippen LogP contribution is -2.45. The van der Waals surface area contributed by atoms with Gasteiger partial charge in [0.1, 0.15) is 0 Å². The van der Waals surface area contributed by atoms with Crippen LogP contribution in [0.5, 0.6) is 0 Å². The third kappa shape index (κ3) is 4.78. The van der Waals surface area contributed by atoms with Gasteiger partial charge in [0, 0.05) is 30.9 Å². The fourth-order valence-electron chi connectivity index (χ4n) is 1.63. The highest BCUT2D eigenvalue weighted by atomic mass is 15.2.